The molecule has 156 valence electrons. The first-order valence-electron chi connectivity index (χ1n) is 11.1. The van der Waals surface area contributed by atoms with Gasteiger partial charge in [0.1, 0.15) is 0 Å². The van der Waals surface area contributed by atoms with Gasteiger partial charge in [-0.25, -0.2) is 0 Å². The van der Waals surface area contributed by atoms with E-state index in [4.69, 9.17) is 11.6 Å². The van der Waals surface area contributed by atoms with Crippen LogP contribution in [0.3, 0.4) is 0 Å². The summed E-state index contributed by atoms with van der Waals surface area (Å²) < 4.78 is 1.08. The third-order valence-electron chi connectivity index (χ3n) is 7.23. The number of hydrogen-bond donors (Lipinski definition) is 0. The van der Waals surface area contributed by atoms with Crippen LogP contribution < -0.4 is 0 Å². The van der Waals surface area contributed by atoms with Crippen molar-refractivity contribution in [3.8, 4) is 33.4 Å². The average Bonchev–Trinajstić information content (AvgIpc) is 3.08. The first-order chi connectivity index (χ1) is 16.2. The van der Waals surface area contributed by atoms with Crippen LogP contribution in [0.5, 0.6) is 0 Å². The standard InChI is InChI=1S/C31H18BrCl/c32-19-13-16-29-26(17-19)22-8-2-1-7-21(22)23-9-3-5-11-27(23)31(29)28-12-6-4-10-24(28)25-15-14-20(33)18-30(25)31/h1-18H. The zero-order valence-corrected chi connectivity index (χ0v) is 20.0. The molecule has 0 radical (unpaired) electrons. The van der Waals surface area contributed by atoms with Crippen LogP contribution in [0.1, 0.15) is 22.3 Å². The van der Waals surface area contributed by atoms with Crippen LogP contribution in [0.15, 0.2) is 114 Å². The van der Waals surface area contributed by atoms with Crippen LogP contribution in [-0.2, 0) is 5.41 Å². The van der Waals surface area contributed by atoms with Gasteiger partial charge in [0.25, 0.3) is 0 Å². The molecular weight excluding hydrogens is 488 g/mol. The number of fused-ring (bicyclic) bond motifs is 12. The summed E-state index contributed by atoms with van der Waals surface area (Å²) in [6, 6.07) is 39.6. The molecule has 0 saturated heterocycles. The summed E-state index contributed by atoms with van der Waals surface area (Å²) in [6.07, 6.45) is 0. The zero-order valence-electron chi connectivity index (χ0n) is 17.6. The van der Waals surface area contributed by atoms with Gasteiger partial charge in [-0.05, 0) is 79.9 Å². The van der Waals surface area contributed by atoms with E-state index in [-0.39, 0.29) is 0 Å². The second-order valence-corrected chi connectivity index (χ2v) is 10.1. The van der Waals surface area contributed by atoms with E-state index < -0.39 is 5.41 Å². The monoisotopic (exact) mass is 504 g/mol. The van der Waals surface area contributed by atoms with Crippen molar-refractivity contribution in [3.05, 3.63) is 141 Å². The van der Waals surface area contributed by atoms with Crippen molar-refractivity contribution in [2.24, 2.45) is 0 Å². The smallest absolute Gasteiger partial charge is 0.0726 e. The first kappa shape index (κ1) is 19.3. The van der Waals surface area contributed by atoms with Crippen molar-refractivity contribution in [3.63, 3.8) is 0 Å². The highest BCUT2D eigenvalue weighted by atomic mass is 79.9. The highest BCUT2D eigenvalue weighted by Crippen LogP contribution is 2.61. The molecule has 0 nitrogen and oxygen atoms in total. The number of halogens is 2. The Bertz CT molecular complexity index is 1600. The van der Waals surface area contributed by atoms with E-state index in [1.807, 2.05) is 6.07 Å². The highest BCUT2D eigenvalue weighted by Gasteiger charge is 2.49. The van der Waals surface area contributed by atoms with Gasteiger partial charge in [0, 0.05) is 9.50 Å². The lowest BCUT2D eigenvalue weighted by atomic mass is 9.66. The van der Waals surface area contributed by atoms with Crippen LogP contribution in [0, 0.1) is 0 Å². The van der Waals surface area contributed by atoms with Crippen molar-refractivity contribution in [2.75, 3.05) is 0 Å². The molecule has 5 aromatic rings. The molecule has 2 heteroatoms. The van der Waals surface area contributed by atoms with E-state index in [1.54, 1.807) is 0 Å². The molecule has 0 amide bonds. The average molecular weight is 506 g/mol. The number of rotatable bonds is 0. The van der Waals surface area contributed by atoms with Crippen molar-refractivity contribution in [2.45, 2.75) is 5.41 Å². The van der Waals surface area contributed by atoms with Gasteiger partial charge in [-0.1, -0.05) is 112 Å². The Kier molecular flexibility index (Phi) is 4.07. The quantitative estimate of drug-likeness (QED) is 0.193. The van der Waals surface area contributed by atoms with Crippen LogP contribution in [-0.4, -0.2) is 0 Å². The molecule has 2 aliphatic carbocycles. The lowest BCUT2D eigenvalue weighted by Crippen LogP contribution is -2.29. The third-order valence-corrected chi connectivity index (χ3v) is 7.96. The van der Waals surface area contributed by atoms with Gasteiger partial charge >= 0.3 is 0 Å². The first-order valence-corrected chi connectivity index (χ1v) is 12.3. The van der Waals surface area contributed by atoms with Crippen molar-refractivity contribution in [1.82, 2.24) is 0 Å². The number of hydrogen-bond acceptors (Lipinski definition) is 0. The fourth-order valence-electron chi connectivity index (χ4n) is 6.04. The van der Waals surface area contributed by atoms with Gasteiger partial charge in [-0.3, -0.25) is 0 Å². The van der Waals surface area contributed by atoms with Gasteiger partial charge in [0.05, 0.1) is 5.41 Å². The summed E-state index contributed by atoms with van der Waals surface area (Å²) in [4.78, 5) is 0. The molecule has 2 aliphatic rings. The van der Waals surface area contributed by atoms with E-state index in [0.29, 0.717) is 0 Å². The second-order valence-electron chi connectivity index (χ2n) is 8.77. The SMILES string of the molecule is Clc1ccc2c(c1)C1(c3ccccc3-c3ccccc3-c3cc(Br)ccc31)c1ccccc1-2. The summed E-state index contributed by atoms with van der Waals surface area (Å²) in [5.74, 6) is 0. The molecule has 1 unspecified atom stereocenters. The minimum atomic E-state index is -0.456. The second kappa shape index (κ2) is 6.93. The van der Waals surface area contributed by atoms with Crippen molar-refractivity contribution < 1.29 is 0 Å². The van der Waals surface area contributed by atoms with E-state index >= 15 is 0 Å². The van der Waals surface area contributed by atoms with Crippen molar-refractivity contribution >= 4 is 27.5 Å². The Morgan fingerprint density at radius 2 is 0.970 bits per heavy atom. The molecule has 0 aromatic heterocycles. The van der Waals surface area contributed by atoms with Gasteiger partial charge in [0.15, 0.2) is 0 Å². The molecule has 0 aliphatic heterocycles. The van der Waals surface area contributed by atoms with Crippen LogP contribution in [0.25, 0.3) is 33.4 Å². The van der Waals surface area contributed by atoms with Gasteiger partial charge < -0.3 is 0 Å². The lowest BCUT2D eigenvalue weighted by molar-refractivity contribution is 0.775. The third kappa shape index (κ3) is 2.47. The summed E-state index contributed by atoms with van der Waals surface area (Å²) in [7, 11) is 0. The molecule has 0 fully saturated rings. The molecule has 1 spiro atoms. The lowest BCUT2D eigenvalue weighted by Gasteiger charge is -2.35. The predicted molar refractivity (Wildman–Crippen MR) is 141 cm³/mol. The van der Waals surface area contributed by atoms with Gasteiger partial charge in [-0.15, -0.1) is 0 Å². The molecule has 7 rings (SSSR count). The van der Waals surface area contributed by atoms with Gasteiger partial charge in [-0.2, -0.15) is 0 Å². The molecule has 33 heavy (non-hydrogen) atoms. The Labute approximate surface area is 206 Å². The fourth-order valence-corrected chi connectivity index (χ4v) is 6.57. The molecule has 1 atom stereocenters. The maximum absolute atomic E-state index is 6.67. The molecular formula is C31H18BrCl. The van der Waals surface area contributed by atoms with Crippen molar-refractivity contribution in [1.29, 1.82) is 0 Å². The van der Waals surface area contributed by atoms with E-state index in [0.717, 1.165) is 9.50 Å². The van der Waals surface area contributed by atoms with Crippen LogP contribution >= 0.6 is 27.5 Å². The molecule has 0 saturated carbocycles. The zero-order chi connectivity index (χ0) is 22.2. The predicted octanol–water partition coefficient (Wildman–Crippen LogP) is 9.11. The topological polar surface area (TPSA) is 0 Å². The summed E-state index contributed by atoms with van der Waals surface area (Å²) in [5, 5.41) is 0.763. The maximum atomic E-state index is 6.67. The Hall–Kier alpha value is -3.13. The molecule has 0 bridgehead atoms. The molecule has 5 aromatic carbocycles. The molecule has 0 N–H and O–H groups in total. The minimum absolute atomic E-state index is 0.456. The summed E-state index contributed by atoms with van der Waals surface area (Å²) in [5.41, 5.74) is 12.3. The largest absolute Gasteiger partial charge is 0.0843 e. The van der Waals surface area contributed by atoms with Crippen LogP contribution in [0.4, 0.5) is 0 Å². The highest BCUT2D eigenvalue weighted by molar-refractivity contribution is 9.10. The van der Waals surface area contributed by atoms with E-state index in [9.17, 15) is 0 Å². The van der Waals surface area contributed by atoms with Crippen LogP contribution in [0.2, 0.25) is 5.02 Å². The number of benzene rings is 5. The molecule has 0 heterocycles. The maximum Gasteiger partial charge on any atom is 0.0726 e. The summed E-state index contributed by atoms with van der Waals surface area (Å²) in [6.45, 7) is 0. The normalized spacial score (nSPS) is 16.9. The van der Waals surface area contributed by atoms with Gasteiger partial charge in [0.2, 0.25) is 0 Å². The van der Waals surface area contributed by atoms with E-state index in [1.165, 1.54) is 55.6 Å². The van der Waals surface area contributed by atoms with E-state index in [2.05, 4.69) is 119 Å². The fraction of sp³-hybridized carbons (Fsp3) is 0.0323. The summed E-state index contributed by atoms with van der Waals surface area (Å²) >= 11 is 10.4. The minimum Gasteiger partial charge on any atom is -0.0843 e. The Morgan fingerprint density at radius 3 is 1.67 bits per heavy atom. The Balaban J connectivity index is 1.78. The Morgan fingerprint density at radius 1 is 0.455 bits per heavy atom.